The second-order valence-electron chi connectivity index (χ2n) is 6.02. The summed E-state index contributed by atoms with van der Waals surface area (Å²) < 4.78 is 1.86. The number of aryl methyl sites for hydroxylation is 2. The van der Waals surface area contributed by atoms with Gasteiger partial charge in [0.05, 0.1) is 23.8 Å². The first-order valence-electron chi connectivity index (χ1n) is 8.14. The molecular weight excluding hydrogens is 330 g/mol. The van der Waals surface area contributed by atoms with Crippen molar-refractivity contribution in [2.75, 3.05) is 5.32 Å². The van der Waals surface area contributed by atoms with E-state index in [0.717, 1.165) is 17.2 Å². The van der Waals surface area contributed by atoms with Crippen LogP contribution >= 0.6 is 0 Å². The van der Waals surface area contributed by atoms with Crippen LogP contribution in [0.25, 0.3) is 5.95 Å². The quantitative estimate of drug-likeness (QED) is 0.731. The van der Waals surface area contributed by atoms with E-state index in [1.54, 1.807) is 36.7 Å². The topological polar surface area (TPSA) is 89.8 Å². The first kappa shape index (κ1) is 17.5. The van der Waals surface area contributed by atoms with Gasteiger partial charge >= 0.3 is 0 Å². The first-order valence-corrected chi connectivity index (χ1v) is 8.14. The molecule has 3 rings (SSSR count). The second kappa shape index (κ2) is 6.87. The van der Waals surface area contributed by atoms with Gasteiger partial charge in [-0.2, -0.15) is 0 Å². The molecule has 0 aliphatic rings. The Morgan fingerprint density at radius 1 is 0.962 bits per heavy atom. The van der Waals surface area contributed by atoms with Crippen molar-refractivity contribution in [1.82, 2.24) is 19.5 Å². The number of Topliss-reactive ketones (excluding diaryl/α,β-unsaturated/α-hetero) is 1. The highest BCUT2D eigenvalue weighted by molar-refractivity contribution is 6.04. The fourth-order valence-corrected chi connectivity index (χ4v) is 2.63. The summed E-state index contributed by atoms with van der Waals surface area (Å²) in [5, 5.41) is 2.75. The number of anilines is 1. The van der Waals surface area contributed by atoms with Gasteiger partial charge in [0, 0.05) is 16.8 Å². The van der Waals surface area contributed by atoms with E-state index < -0.39 is 0 Å². The van der Waals surface area contributed by atoms with Crippen LogP contribution in [0.2, 0.25) is 0 Å². The number of amides is 1. The highest BCUT2D eigenvalue weighted by Crippen LogP contribution is 2.15. The number of carbonyl (C=O) groups is 2. The molecule has 3 aromatic rings. The number of nitrogens with one attached hydrogen (secondary N) is 1. The number of hydrogen-bond acceptors (Lipinski definition) is 5. The van der Waals surface area contributed by atoms with E-state index in [9.17, 15) is 9.59 Å². The predicted octanol–water partition coefficient (Wildman–Crippen LogP) is 3.04. The summed E-state index contributed by atoms with van der Waals surface area (Å²) in [6.45, 7) is 7.27. The minimum atomic E-state index is -0.290. The number of aromatic nitrogens is 4. The lowest BCUT2D eigenvalue weighted by Gasteiger charge is -2.08. The minimum Gasteiger partial charge on any atom is -0.319 e. The van der Waals surface area contributed by atoms with Crippen LogP contribution in [-0.2, 0) is 0 Å². The Morgan fingerprint density at radius 2 is 1.54 bits per heavy atom. The van der Waals surface area contributed by atoms with E-state index in [0.29, 0.717) is 22.8 Å². The fraction of sp³-hybridized carbons (Fsp3) is 0.211. The average molecular weight is 349 g/mol. The molecule has 7 heteroatoms. The van der Waals surface area contributed by atoms with Crippen LogP contribution in [0, 0.1) is 20.8 Å². The van der Waals surface area contributed by atoms with Crippen LogP contribution < -0.4 is 5.32 Å². The van der Waals surface area contributed by atoms with Crippen molar-refractivity contribution in [3.63, 3.8) is 0 Å². The van der Waals surface area contributed by atoms with Gasteiger partial charge in [-0.15, -0.1) is 0 Å². The lowest BCUT2D eigenvalue weighted by atomic mass is 10.1. The molecule has 0 aliphatic carbocycles. The molecule has 1 amide bonds. The Hall–Kier alpha value is -3.35. The Bertz CT molecular complexity index is 972. The molecule has 7 nitrogen and oxygen atoms in total. The molecule has 2 heterocycles. The number of rotatable bonds is 4. The zero-order chi connectivity index (χ0) is 18.8. The second-order valence-corrected chi connectivity index (χ2v) is 6.02. The largest absolute Gasteiger partial charge is 0.319 e. The molecule has 0 saturated heterocycles. The standard InChI is InChI=1S/C19H19N5O2/c1-11-12(2)24(14(4)22-11)19-20-9-17(10-21-19)23-18(26)16-7-5-15(6-8-16)13(3)25/h5-10H,1-4H3,(H,23,26). The lowest BCUT2D eigenvalue weighted by molar-refractivity contribution is 0.100. The summed E-state index contributed by atoms with van der Waals surface area (Å²) in [7, 11) is 0. The number of carbonyl (C=O) groups excluding carboxylic acids is 2. The molecule has 1 N–H and O–H groups in total. The third-order valence-electron chi connectivity index (χ3n) is 4.16. The number of benzene rings is 1. The lowest BCUT2D eigenvalue weighted by Crippen LogP contribution is -2.13. The SMILES string of the molecule is CC(=O)c1ccc(C(=O)Nc2cnc(-n3c(C)nc(C)c3C)nc2)cc1. The average Bonchev–Trinajstić information content (AvgIpc) is 2.88. The minimum absolute atomic E-state index is 0.0405. The van der Waals surface area contributed by atoms with Gasteiger partial charge in [0.1, 0.15) is 5.82 Å². The summed E-state index contributed by atoms with van der Waals surface area (Å²) in [5.41, 5.74) is 3.41. The number of imidazole rings is 1. The van der Waals surface area contributed by atoms with Crippen molar-refractivity contribution in [3.8, 4) is 5.95 Å². The number of ketones is 1. The van der Waals surface area contributed by atoms with Crippen LogP contribution in [0.5, 0.6) is 0 Å². The molecule has 0 radical (unpaired) electrons. The third-order valence-corrected chi connectivity index (χ3v) is 4.16. The molecule has 26 heavy (non-hydrogen) atoms. The normalized spacial score (nSPS) is 10.6. The maximum absolute atomic E-state index is 12.3. The van der Waals surface area contributed by atoms with E-state index in [2.05, 4.69) is 20.3 Å². The Morgan fingerprint density at radius 3 is 2.04 bits per heavy atom. The fourth-order valence-electron chi connectivity index (χ4n) is 2.63. The summed E-state index contributed by atoms with van der Waals surface area (Å²) in [6.07, 6.45) is 3.11. The van der Waals surface area contributed by atoms with Crippen molar-refractivity contribution in [2.45, 2.75) is 27.7 Å². The molecule has 0 saturated carbocycles. The maximum Gasteiger partial charge on any atom is 0.255 e. The van der Waals surface area contributed by atoms with Crippen LogP contribution in [-0.4, -0.2) is 31.2 Å². The molecule has 0 aliphatic heterocycles. The van der Waals surface area contributed by atoms with Crippen molar-refractivity contribution >= 4 is 17.4 Å². The molecule has 0 atom stereocenters. The van der Waals surface area contributed by atoms with Crippen molar-refractivity contribution in [2.24, 2.45) is 0 Å². The smallest absolute Gasteiger partial charge is 0.255 e. The Labute approximate surface area is 151 Å². The molecule has 0 unspecified atom stereocenters. The summed E-state index contributed by atoms with van der Waals surface area (Å²) in [4.78, 5) is 36.6. The summed E-state index contributed by atoms with van der Waals surface area (Å²) in [6, 6.07) is 6.48. The van der Waals surface area contributed by atoms with Gasteiger partial charge in [-0.1, -0.05) is 12.1 Å². The number of nitrogens with zero attached hydrogens (tertiary/aromatic N) is 4. The van der Waals surface area contributed by atoms with Gasteiger partial charge in [0.2, 0.25) is 5.95 Å². The third kappa shape index (κ3) is 3.37. The molecule has 0 bridgehead atoms. The maximum atomic E-state index is 12.3. The highest BCUT2D eigenvalue weighted by Gasteiger charge is 2.12. The zero-order valence-corrected chi connectivity index (χ0v) is 15.1. The molecular formula is C19H19N5O2. The van der Waals surface area contributed by atoms with Crippen LogP contribution in [0.1, 0.15) is 44.9 Å². The van der Waals surface area contributed by atoms with Gasteiger partial charge in [0.25, 0.3) is 5.91 Å². The van der Waals surface area contributed by atoms with Gasteiger partial charge in [-0.05, 0) is 39.8 Å². The molecule has 1 aromatic carbocycles. The summed E-state index contributed by atoms with van der Waals surface area (Å²) in [5.74, 6) is 0.982. The first-order chi connectivity index (χ1) is 12.4. The Kier molecular flexibility index (Phi) is 4.62. The molecule has 2 aromatic heterocycles. The van der Waals surface area contributed by atoms with Crippen molar-refractivity contribution in [3.05, 3.63) is 65.0 Å². The molecule has 0 fully saturated rings. The predicted molar refractivity (Wildman–Crippen MR) is 97.8 cm³/mol. The number of hydrogen-bond donors (Lipinski definition) is 1. The summed E-state index contributed by atoms with van der Waals surface area (Å²) >= 11 is 0. The van der Waals surface area contributed by atoms with Crippen LogP contribution in [0.3, 0.4) is 0 Å². The van der Waals surface area contributed by atoms with Gasteiger partial charge < -0.3 is 5.32 Å². The van der Waals surface area contributed by atoms with Gasteiger partial charge in [0.15, 0.2) is 5.78 Å². The van der Waals surface area contributed by atoms with E-state index in [1.807, 2.05) is 25.3 Å². The van der Waals surface area contributed by atoms with E-state index >= 15 is 0 Å². The van der Waals surface area contributed by atoms with E-state index in [4.69, 9.17) is 0 Å². The van der Waals surface area contributed by atoms with E-state index in [-0.39, 0.29) is 11.7 Å². The monoisotopic (exact) mass is 349 g/mol. The zero-order valence-electron chi connectivity index (χ0n) is 15.1. The molecule has 0 spiro atoms. The van der Waals surface area contributed by atoms with Crippen molar-refractivity contribution in [1.29, 1.82) is 0 Å². The van der Waals surface area contributed by atoms with Crippen LogP contribution in [0.4, 0.5) is 5.69 Å². The molecule has 132 valence electrons. The van der Waals surface area contributed by atoms with Crippen molar-refractivity contribution < 1.29 is 9.59 Å². The van der Waals surface area contributed by atoms with Gasteiger partial charge in [-0.3, -0.25) is 14.2 Å². The van der Waals surface area contributed by atoms with Gasteiger partial charge in [-0.25, -0.2) is 15.0 Å². The Balaban J connectivity index is 1.76. The highest BCUT2D eigenvalue weighted by atomic mass is 16.1. The van der Waals surface area contributed by atoms with Crippen LogP contribution in [0.15, 0.2) is 36.7 Å². The van der Waals surface area contributed by atoms with E-state index in [1.165, 1.54) is 6.92 Å².